The number of aryl methyl sites for hydroxylation is 1. The third-order valence-electron chi connectivity index (χ3n) is 2.26. The Balaban J connectivity index is 1.69. The lowest BCUT2D eigenvalue weighted by molar-refractivity contribution is 0.684. The summed E-state index contributed by atoms with van der Waals surface area (Å²) in [6, 6.07) is 4.06. The van der Waals surface area contributed by atoms with Crippen LogP contribution in [0.1, 0.15) is 16.3 Å². The Bertz CT molecular complexity index is 425. The topological polar surface area (TPSA) is 37.8 Å². The van der Waals surface area contributed by atoms with E-state index in [1.165, 1.54) is 10.6 Å². The molecule has 0 aromatic carbocycles. The SMILES string of the molecule is Cc1csc(CCNCc2ccncc2)n1. The maximum Gasteiger partial charge on any atom is 0.0940 e. The Labute approximate surface area is 99.6 Å². The third kappa shape index (κ3) is 3.40. The third-order valence-corrected chi connectivity index (χ3v) is 3.29. The Morgan fingerprint density at radius 3 is 2.81 bits per heavy atom. The van der Waals surface area contributed by atoms with Crippen LogP contribution in [0.5, 0.6) is 0 Å². The Morgan fingerprint density at radius 1 is 1.31 bits per heavy atom. The molecule has 0 unspecified atom stereocenters. The fourth-order valence-electron chi connectivity index (χ4n) is 1.45. The minimum absolute atomic E-state index is 0.896. The van der Waals surface area contributed by atoms with Gasteiger partial charge in [-0.3, -0.25) is 4.98 Å². The van der Waals surface area contributed by atoms with Crippen molar-refractivity contribution in [2.45, 2.75) is 19.9 Å². The second-order valence-electron chi connectivity index (χ2n) is 3.66. The van der Waals surface area contributed by atoms with E-state index in [1.54, 1.807) is 11.3 Å². The van der Waals surface area contributed by atoms with Crippen molar-refractivity contribution >= 4 is 11.3 Å². The molecule has 4 heteroatoms. The van der Waals surface area contributed by atoms with Crippen LogP contribution >= 0.6 is 11.3 Å². The summed E-state index contributed by atoms with van der Waals surface area (Å²) in [6.45, 7) is 3.90. The smallest absolute Gasteiger partial charge is 0.0940 e. The van der Waals surface area contributed by atoms with E-state index in [0.29, 0.717) is 0 Å². The van der Waals surface area contributed by atoms with Crippen molar-refractivity contribution in [1.82, 2.24) is 15.3 Å². The number of rotatable bonds is 5. The Hall–Kier alpha value is -1.26. The first-order chi connectivity index (χ1) is 7.84. The van der Waals surface area contributed by atoms with Gasteiger partial charge in [0.1, 0.15) is 0 Å². The minimum Gasteiger partial charge on any atom is -0.312 e. The van der Waals surface area contributed by atoms with E-state index in [1.807, 2.05) is 31.5 Å². The largest absolute Gasteiger partial charge is 0.312 e. The number of aromatic nitrogens is 2. The van der Waals surface area contributed by atoms with Gasteiger partial charge < -0.3 is 5.32 Å². The van der Waals surface area contributed by atoms with E-state index in [4.69, 9.17) is 0 Å². The molecule has 0 radical (unpaired) electrons. The van der Waals surface area contributed by atoms with Crippen molar-refractivity contribution in [3.05, 3.63) is 46.2 Å². The molecule has 0 saturated heterocycles. The molecule has 0 amide bonds. The molecule has 0 atom stereocenters. The predicted octanol–water partition coefficient (Wildman–Crippen LogP) is 2.18. The minimum atomic E-state index is 0.896. The van der Waals surface area contributed by atoms with Crippen LogP contribution in [0.25, 0.3) is 0 Å². The van der Waals surface area contributed by atoms with Gasteiger partial charge in [0.25, 0.3) is 0 Å². The average Bonchev–Trinajstić information content (AvgIpc) is 2.72. The van der Waals surface area contributed by atoms with Crippen LogP contribution in [-0.2, 0) is 13.0 Å². The van der Waals surface area contributed by atoms with Gasteiger partial charge in [0.15, 0.2) is 0 Å². The lowest BCUT2D eigenvalue weighted by atomic mass is 10.3. The molecule has 2 rings (SSSR count). The summed E-state index contributed by atoms with van der Waals surface area (Å²) in [5, 5.41) is 6.70. The molecular weight excluding hydrogens is 218 g/mol. The molecule has 0 aliphatic carbocycles. The molecule has 16 heavy (non-hydrogen) atoms. The van der Waals surface area contributed by atoms with Gasteiger partial charge >= 0.3 is 0 Å². The number of nitrogens with zero attached hydrogens (tertiary/aromatic N) is 2. The second kappa shape index (κ2) is 5.72. The first-order valence-corrected chi connectivity index (χ1v) is 6.23. The van der Waals surface area contributed by atoms with E-state index in [9.17, 15) is 0 Å². The first kappa shape index (κ1) is 11.2. The highest BCUT2D eigenvalue weighted by Crippen LogP contribution is 2.08. The van der Waals surface area contributed by atoms with Crippen molar-refractivity contribution < 1.29 is 0 Å². The van der Waals surface area contributed by atoms with Crippen LogP contribution in [0.2, 0.25) is 0 Å². The van der Waals surface area contributed by atoms with E-state index >= 15 is 0 Å². The summed E-state index contributed by atoms with van der Waals surface area (Å²) in [4.78, 5) is 8.41. The Morgan fingerprint density at radius 2 is 2.12 bits per heavy atom. The van der Waals surface area contributed by atoms with Crippen LogP contribution in [0.15, 0.2) is 29.9 Å². The van der Waals surface area contributed by atoms with E-state index in [0.717, 1.165) is 25.2 Å². The maximum absolute atomic E-state index is 4.42. The van der Waals surface area contributed by atoms with E-state index in [-0.39, 0.29) is 0 Å². The molecule has 84 valence electrons. The highest BCUT2D eigenvalue weighted by molar-refractivity contribution is 7.09. The first-order valence-electron chi connectivity index (χ1n) is 5.35. The summed E-state index contributed by atoms with van der Waals surface area (Å²) in [7, 11) is 0. The van der Waals surface area contributed by atoms with Gasteiger partial charge in [-0.2, -0.15) is 0 Å². The fraction of sp³-hybridized carbons (Fsp3) is 0.333. The monoisotopic (exact) mass is 233 g/mol. The quantitative estimate of drug-likeness (QED) is 0.804. The van der Waals surface area contributed by atoms with Gasteiger partial charge in [0.05, 0.1) is 5.01 Å². The molecule has 2 aromatic rings. The summed E-state index contributed by atoms with van der Waals surface area (Å²) in [5.74, 6) is 0. The summed E-state index contributed by atoms with van der Waals surface area (Å²) in [6.07, 6.45) is 4.64. The molecule has 0 aliphatic heterocycles. The summed E-state index contributed by atoms with van der Waals surface area (Å²) in [5.41, 5.74) is 2.39. The highest BCUT2D eigenvalue weighted by Gasteiger charge is 1.98. The van der Waals surface area contributed by atoms with Gasteiger partial charge in [-0.25, -0.2) is 4.98 Å². The molecule has 0 bridgehead atoms. The lowest BCUT2D eigenvalue weighted by Crippen LogP contribution is -2.16. The molecule has 1 N–H and O–H groups in total. The zero-order valence-electron chi connectivity index (χ0n) is 9.31. The van der Waals surface area contributed by atoms with E-state index in [2.05, 4.69) is 20.7 Å². The molecule has 2 aromatic heterocycles. The van der Waals surface area contributed by atoms with Crippen molar-refractivity contribution in [3.63, 3.8) is 0 Å². The van der Waals surface area contributed by atoms with Gasteiger partial charge in [0.2, 0.25) is 0 Å². The van der Waals surface area contributed by atoms with Crippen LogP contribution in [-0.4, -0.2) is 16.5 Å². The zero-order valence-corrected chi connectivity index (χ0v) is 10.1. The average molecular weight is 233 g/mol. The molecular formula is C12H15N3S. The van der Waals surface area contributed by atoms with Gasteiger partial charge in [-0.15, -0.1) is 11.3 Å². The van der Waals surface area contributed by atoms with Gasteiger partial charge in [-0.05, 0) is 24.6 Å². The lowest BCUT2D eigenvalue weighted by Gasteiger charge is -2.02. The number of thiazole rings is 1. The van der Waals surface area contributed by atoms with Crippen LogP contribution in [0, 0.1) is 6.92 Å². The van der Waals surface area contributed by atoms with Crippen molar-refractivity contribution in [2.24, 2.45) is 0 Å². The standard InChI is InChI=1S/C12H15N3S/c1-10-9-16-12(15-10)4-7-14-8-11-2-5-13-6-3-11/h2-3,5-6,9,14H,4,7-8H2,1H3. The van der Waals surface area contributed by atoms with Gasteiger partial charge in [-0.1, -0.05) is 0 Å². The second-order valence-corrected chi connectivity index (χ2v) is 4.61. The maximum atomic E-state index is 4.42. The van der Waals surface area contributed by atoms with Crippen molar-refractivity contribution in [1.29, 1.82) is 0 Å². The van der Waals surface area contributed by atoms with Crippen LogP contribution in [0.4, 0.5) is 0 Å². The van der Waals surface area contributed by atoms with Crippen LogP contribution < -0.4 is 5.32 Å². The number of hydrogen-bond acceptors (Lipinski definition) is 4. The highest BCUT2D eigenvalue weighted by atomic mass is 32.1. The normalized spacial score (nSPS) is 10.6. The Kier molecular flexibility index (Phi) is 4.02. The van der Waals surface area contributed by atoms with E-state index < -0.39 is 0 Å². The van der Waals surface area contributed by atoms with Crippen molar-refractivity contribution in [2.75, 3.05) is 6.54 Å². The predicted molar refractivity (Wildman–Crippen MR) is 66.5 cm³/mol. The summed E-state index contributed by atoms with van der Waals surface area (Å²) < 4.78 is 0. The fourth-order valence-corrected chi connectivity index (χ4v) is 2.22. The number of hydrogen-bond donors (Lipinski definition) is 1. The molecule has 2 heterocycles. The van der Waals surface area contributed by atoms with Crippen molar-refractivity contribution in [3.8, 4) is 0 Å². The molecule has 0 saturated carbocycles. The molecule has 0 fully saturated rings. The summed E-state index contributed by atoms with van der Waals surface area (Å²) >= 11 is 1.73. The molecule has 3 nitrogen and oxygen atoms in total. The van der Waals surface area contributed by atoms with Gasteiger partial charge in [0, 0.05) is 43.0 Å². The number of pyridine rings is 1. The zero-order chi connectivity index (χ0) is 11.2. The molecule has 0 spiro atoms. The molecule has 0 aliphatic rings. The number of nitrogens with one attached hydrogen (secondary N) is 1. The van der Waals surface area contributed by atoms with Crippen LogP contribution in [0.3, 0.4) is 0 Å².